The summed E-state index contributed by atoms with van der Waals surface area (Å²) < 4.78 is 3.11. The van der Waals surface area contributed by atoms with Crippen LogP contribution in [0.4, 0.5) is 11.4 Å². The first-order valence-corrected chi connectivity index (χ1v) is 8.53. The van der Waals surface area contributed by atoms with E-state index in [4.69, 9.17) is 11.6 Å². The predicted molar refractivity (Wildman–Crippen MR) is 99.6 cm³/mol. The first kappa shape index (κ1) is 18.6. The third-order valence-corrected chi connectivity index (χ3v) is 4.04. The number of halogens is 1. The van der Waals surface area contributed by atoms with E-state index in [0.717, 1.165) is 5.56 Å². The molecular formula is C17H17ClN6O3. The maximum Gasteiger partial charge on any atom is 0.309 e. The summed E-state index contributed by atoms with van der Waals surface area (Å²) >= 11 is 5.86. The van der Waals surface area contributed by atoms with E-state index in [0.29, 0.717) is 22.9 Å². The molecule has 0 saturated carbocycles. The minimum Gasteiger partial charge on any atom is -0.326 e. The summed E-state index contributed by atoms with van der Waals surface area (Å²) in [5.74, 6) is -0.204. The van der Waals surface area contributed by atoms with Gasteiger partial charge in [0.1, 0.15) is 11.9 Å². The molecule has 140 valence electrons. The van der Waals surface area contributed by atoms with Gasteiger partial charge in [0.05, 0.1) is 22.7 Å². The number of nitrogens with zero attached hydrogens (tertiary/aromatic N) is 5. The molecule has 1 N–H and O–H groups in total. The first-order valence-electron chi connectivity index (χ1n) is 8.16. The monoisotopic (exact) mass is 388 g/mol. The summed E-state index contributed by atoms with van der Waals surface area (Å²) in [4.78, 5) is 22.5. The van der Waals surface area contributed by atoms with Crippen LogP contribution in [0.2, 0.25) is 5.02 Å². The normalized spacial score (nSPS) is 10.7. The van der Waals surface area contributed by atoms with Crippen molar-refractivity contribution in [2.24, 2.45) is 0 Å². The Balaban J connectivity index is 1.57. The molecule has 9 nitrogen and oxygen atoms in total. The van der Waals surface area contributed by atoms with E-state index < -0.39 is 4.92 Å². The Hall–Kier alpha value is -3.20. The molecule has 0 unspecified atom stereocenters. The highest BCUT2D eigenvalue weighted by Crippen LogP contribution is 2.16. The Bertz CT molecular complexity index is 981. The minimum absolute atomic E-state index is 0.0539. The van der Waals surface area contributed by atoms with Crippen molar-refractivity contribution < 1.29 is 9.72 Å². The number of aromatic nitrogens is 4. The molecule has 0 spiro atoms. The molecule has 0 saturated heterocycles. The van der Waals surface area contributed by atoms with Crippen LogP contribution in [0.3, 0.4) is 0 Å². The molecule has 0 aliphatic heterocycles. The van der Waals surface area contributed by atoms with E-state index in [1.54, 1.807) is 30.1 Å². The Kier molecular flexibility index (Phi) is 5.51. The van der Waals surface area contributed by atoms with Crippen molar-refractivity contribution >= 4 is 28.9 Å². The SMILES string of the molecule is Cc1nn(CCC(=O)Nc2cccc(Cn3cc(Cl)cn3)c2)cc1[N+](=O)[O-]. The lowest BCUT2D eigenvalue weighted by Gasteiger charge is -2.08. The molecule has 3 aromatic rings. The Morgan fingerprint density at radius 3 is 2.81 bits per heavy atom. The quantitative estimate of drug-likeness (QED) is 0.494. The molecule has 2 heterocycles. The molecule has 0 aliphatic rings. The standard InChI is InChI=1S/C17H17ClN6O3/c1-12-16(24(26)27)11-22(21-12)6-5-17(25)20-15-4-2-3-13(7-15)9-23-10-14(18)8-19-23/h2-4,7-8,10-11H,5-6,9H2,1H3,(H,20,25). The second-order valence-electron chi connectivity index (χ2n) is 5.97. The number of amides is 1. The lowest BCUT2D eigenvalue weighted by molar-refractivity contribution is -0.385. The van der Waals surface area contributed by atoms with Gasteiger partial charge >= 0.3 is 5.69 Å². The van der Waals surface area contributed by atoms with Gasteiger partial charge in [0.25, 0.3) is 0 Å². The number of rotatable bonds is 7. The summed E-state index contributed by atoms with van der Waals surface area (Å²) in [6.45, 7) is 2.35. The summed E-state index contributed by atoms with van der Waals surface area (Å²) in [6.07, 6.45) is 4.77. The molecule has 1 aromatic carbocycles. The van der Waals surface area contributed by atoms with Crippen molar-refractivity contribution in [2.45, 2.75) is 26.4 Å². The summed E-state index contributed by atoms with van der Waals surface area (Å²) in [5.41, 5.74) is 1.90. The van der Waals surface area contributed by atoms with Crippen LogP contribution in [0, 0.1) is 17.0 Å². The molecule has 3 rings (SSSR count). The van der Waals surface area contributed by atoms with Crippen molar-refractivity contribution in [3.05, 3.63) is 69.3 Å². The van der Waals surface area contributed by atoms with Gasteiger partial charge in [-0.2, -0.15) is 10.2 Å². The number of benzene rings is 1. The summed E-state index contributed by atoms with van der Waals surface area (Å²) in [7, 11) is 0. The van der Waals surface area contributed by atoms with E-state index in [9.17, 15) is 14.9 Å². The molecule has 0 radical (unpaired) electrons. The molecule has 27 heavy (non-hydrogen) atoms. The number of nitrogens with one attached hydrogen (secondary N) is 1. The van der Waals surface area contributed by atoms with Crippen LogP contribution in [0.5, 0.6) is 0 Å². The van der Waals surface area contributed by atoms with Crippen LogP contribution < -0.4 is 5.32 Å². The van der Waals surface area contributed by atoms with Gasteiger partial charge < -0.3 is 5.32 Å². The van der Waals surface area contributed by atoms with Crippen LogP contribution in [-0.2, 0) is 17.9 Å². The second kappa shape index (κ2) is 8.00. The van der Waals surface area contributed by atoms with E-state index in [2.05, 4.69) is 15.5 Å². The zero-order chi connectivity index (χ0) is 19.4. The van der Waals surface area contributed by atoms with E-state index >= 15 is 0 Å². The number of aryl methyl sites for hydroxylation is 2. The average molecular weight is 389 g/mol. The molecule has 10 heteroatoms. The number of nitro groups is 1. The van der Waals surface area contributed by atoms with Crippen molar-refractivity contribution in [2.75, 3.05) is 5.32 Å². The Morgan fingerprint density at radius 1 is 1.33 bits per heavy atom. The van der Waals surface area contributed by atoms with Crippen molar-refractivity contribution in [1.29, 1.82) is 0 Å². The topological polar surface area (TPSA) is 108 Å². The Labute approximate surface area is 159 Å². The number of carbonyl (C=O) groups is 1. The number of hydrogen-bond donors (Lipinski definition) is 1. The van der Waals surface area contributed by atoms with Crippen LogP contribution >= 0.6 is 11.6 Å². The van der Waals surface area contributed by atoms with Crippen molar-refractivity contribution in [3.8, 4) is 0 Å². The molecule has 0 bridgehead atoms. The maximum absolute atomic E-state index is 12.2. The zero-order valence-corrected chi connectivity index (χ0v) is 15.3. The highest BCUT2D eigenvalue weighted by molar-refractivity contribution is 6.30. The van der Waals surface area contributed by atoms with Gasteiger partial charge in [-0.3, -0.25) is 24.3 Å². The number of carbonyl (C=O) groups excluding carboxylic acids is 1. The molecule has 1 amide bonds. The van der Waals surface area contributed by atoms with E-state index in [-0.39, 0.29) is 24.6 Å². The van der Waals surface area contributed by atoms with Crippen LogP contribution in [-0.4, -0.2) is 30.4 Å². The van der Waals surface area contributed by atoms with Gasteiger partial charge in [0.2, 0.25) is 5.91 Å². The van der Waals surface area contributed by atoms with E-state index in [1.807, 2.05) is 18.2 Å². The molecule has 0 fully saturated rings. The molecule has 0 aliphatic carbocycles. The average Bonchev–Trinajstić information content (AvgIpc) is 3.19. The molecule has 0 atom stereocenters. The molecule has 2 aromatic heterocycles. The van der Waals surface area contributed by atoms with Crippen molar-refractivity contribution in [3.63, 3.8) is 0 Å². The third kappa shape index (κ3) is 4.91. The second-order valence-corrected chi connectivity index (χ2v) is 6.41. The van der Waals surface area contributed by atoms with Crippen LogP contribution in [0.15, 0.2) is 42.9 Å². The van der Waals surface area contributed by atoms with Crippen molar-refractivity contribution in [1.82, 2.24) is 19.6 Å². The fraction of sp³-hybridized carbons (Fsp3) is 0.235. The minimum atomic E-state index is -0.489. The van der Waals surface area contributed by atoms with Gasteiger partial charge in [0, 0.05) is 24.8 Å². The summed E-state index contributed by atoms with van der Waals surface area (Å²) in [6, 6.07) is 7.42. The maximum atomic E-state index is 12.2. The largest absolute Gasteiger partial charge is 0.326 e. The zero-order valence-electron chi connectivity index (χ0n) is 14.5. The summed E-state index contributed by atoms with van der Waals surface area (Å²) in [5, 5.41) is 22.4. The Morgan fingerprint density at radius 2 is 2.15 bits per heavy atom. The van der Waals surface area contributed by atoms with Gasteiger partial charge in [-0.1, -0.05) is 23.7 Å². The smallest absolute Gasteiger partial charge is 0.309 e. The fourth-order valence-electron chi connectivity index (χ4n) is 2.60. The predicted octanol–water partition coefficient (Wildman–Crippen LogP) is 3.03. The highest BCUT2D eigenvalue weighted by Gasteiger charge is 2.15. The third-order valence-electron chi connectivity index (χ3n) is 3.84. The van der Waals surface area contributed by atoms with E-state index in [1.165, 1.54) is 10.9 Å². The van der Waals surface area contributed by atoms with Crippen LogP contribution in [0.1, 0.15) is 17.7 Å². The van der Waals surface area contributed by atoms with Gasteiger partial charge in [-0.05, 0) is 24.6 Å². The highest BCUT2D eigenvalue weighted by atomic mass is 35.5. The van der Waals surface area contributed by atoms with Gasteiger partial charge in [0.15, 0.2) is 0 Å². The fourth-order valence-corrected chi connectivity index (χ4v) is 2.76. The van der Waals surface area contributed by atoms with Gasteiger partial charge in [-0.15, -0.1) is 0 Å². The lowest BCUT2D eigenvalue weighted by atomic mass is 10.2. The molecular weight excluding hydrogens is 372 g/mol. The van der Waals surface area contributed by atoms with Gasteiger partial charge in [-0.25, -0.2) is 0 Å². The first-order chi connectivity index (χ1) is 12.9. The number of hydrogen-bond acceptors (Lipinski definition) is 5. The van der Waals surface area contributed by atoms with Crippen LogP contribution in [0.25, 0.3) is 0 Å². The lowest BCUT2D eigenvalue weighted by Crippen LogP contribution is -2.15. The number of anilines is 1.